The number of nitrogens with one attached hydrogen (secondary N) is 2. The van der Waals surface area contributed by atoms with E-state index in [0.29, 0.717) is 30.5 Å². The van der Waals surface area contributed by atoms with Crippen molar-refractivity contribution in [2.75, 3.05) is 7.05 Å². The number of nitrogens with zero attached hydrogens (tertiary/aromatic N) is 3. The van der Waals surface area contributed by atoms with Gasteiger partial charge in [-0.2, -0.15) is 5.26 Å². The van der Waals surface area contributed by atoms with Gasteiger partial charge in [0, 0.05) is 19.0 Å². The van der Waals surface area contributed by atoms with Gasteiger partial charge in [0.2, 0.25) is 5.89 Å². The minimum Gasteiger partial charge on any atom is -0.443 e. The zero-order valence-electron chi connectivity index (χ0n) is 14.6. The first kappa shape index (κ1) is 17.5. The fourth-order valence-electron chi connectivity index (χ4n) is 2.00. The van der Waals surface area contributed by atoms with Crippen molar-refractivity contribution in [3.63, 3.8) is 0 Å². The maximum absolute atomic E-state index is 8.81. The minimum atomic E-state index is -0.0548. The first-order valence-electron chi connectivity index (χ1n) is 7.81. The summed E-state index contributed by atoms with van der Waals surface area (Å²) in [6.45, 7) is 7.34. The monoisotopic (exact) mass is 325 g/mol. The molecule has 1 aromatic carbocycles. The van der Waals surface area contributed by atoms with Crippen LogP contribution in [0.2, 0.25) is 0 Å². The molecule has 2 aromatic rings. The lowest BCUT2D eigenvalue weighted by atomic mass is 9.94. The molecule has 0 spiro atoms. The van der Waals surface area contributed by atoms with Crippen LogP contribution < -0.4 is 10.6 Å². The van der Waals surface area contributed by atoms with Gasteiger partial charge in [0.05, 0.1) is 24.4 Å². The highest BCUT2D eigenvalue weighted by atomic mass is 16.4. The molecule has 1 aromatic heterocycles. The van der Waals surface area contributed by atoms with E-state index in [1.54, 1.807) is 25.4 Å². The van der Waals surface area contributed by atoms with Crippen LogP contribution in [0.3, 0.4) is 0 Å². The largest absolute Gasteiger partial charge is 0.443 e. The normalized spacial score (nSPS) is 11.9. The highest BCUT2D eigenvalue weighted by molar-refractivity contribution is 5.79. The molecule has 0 atom stereocenters. The quantitative estimate of drug-likeness (QED) is 0.667. The topological polar surface area (TPSA) is 86.2 Å². The molecular formula is C18H23N5O. The van der Waals surface area contributed by atoms with E-state index < -0.39 is 0 Å². The molecule has 2 rings (SSSR count). The van der Waals surface area contributed by atoms with E-state index in [-0.39, 0.29) is 5.41 Å². The third kappa shape index (κ3) is 4.85. The second kappa shape index (κ2) is 7.64. The summed E-state index contributed by atoms with van der Waals surface area (Å²) in [5.74, 6) is 2.15. The molecule has 0 saturated carbocycles. The predicted octanol–water partition coefficient (Wildman–Crippen LogP) is 2.71. The van der Waals surface area contributed by atoms with Crippen molar-refractivity contribution in [1.82, 2.24) is 15.6 Å². The van der Waals surface area contributed by atoms with E-state index in [9.17, 15) is 0 Å². The second-order valence-electron chi connectivity index (χ2n) is 6.46. The van der Waals surface area contributed by atoms with Crippen LogP contribution in [0.4, 0.5) is 0 Å². The third-order valence-corrected chi connectivity index (χ3v) is 3.47. The van der Waals surface area contributed by atoms with Crippen LogP contribution in [-0.4, -0.2) is 18.0 Å². The van der Waals surface area contributed by atoms with Gasteiger partial charge in [-0.15, -0.1) is 0 Å². The van der Waals surface area contributed by atoms with Crippen molar-refractivity contribution in [1.29, 1.82) is 5.26 Å². The number of oxazole rings is 1. The number of guanidine groups is 1. The lowest BCUT2D eigenvalue weighted by molar-refractivity contribution is 0.379. The number of benzene rings is 1. The van der Waals surface area contributed by atoms with Crippen LogP contribution in [0.15, 0.2) is 39.9 Å². The van der Waals surface area contributed by atoms with Gasteiger partial charge in [-0.3, -0.25) is 4.99 Å². The van der Waals surface area contributed by atoms with Crippen molar-refractivity contribution >= 4 is 5.96 Å². The Kier molecular flexibility index (Phi) is 5.59. The number of nitriles is 1. The second-order valence-corrected chi connectivity index (χ2v) is 6.46. The van der Waals surface area contributed by atoms with E-state index in [2.05, 4.69) is 47.5 Å². The molecule has 24 heavy (non-hydrogen) atoms. The standard InChI is InChI=1S/C18H23N5O/c1-18(2,3)15-11-21-16(24-15)12-23-17(20-4)22-10-14-7-5-13(9-19)6-8-14/h5-8,11H,10,12H2,1-4H3,(H2,20,22,23). The zero-order valence-corrected chi connectivity index (χ0v) is 14.6. The van der Waals surface area contributed by atoms with Gasteiger partial charge in [-0.05, 0) is 17.7 Å². The Hall–Kier alpha value is -2.81. The van der Waals surface area contributed by atoms with Gasteiger partial charge >= 0.3 is 0 Å². The molecule has 0 aliphatic rings. The van der Waals surface area contributed by atoms with Gasteiger partial charge in [-0.25, -0.2) is 4.98 Å². The summed E-state index contributed by atoms with van der Waals surface area (Å²) in [6.07, 6.45) is 1.77. The van der Waals surface area contributed by atoms with Crippen molar-refractivity contribution in [2.45, 2.75) is 39.3 Å². The molecule has 0 fully saturated rings. The summed E-state index contributed by atoms with van der Waals surface area (Å²) >= 11 is 0. The molecule has 0 bridgehead atoms. The molecule has 0 unspecified atom stereocenters. The van der Waals surface area contributed by atoms with Gasteiger partial charge in [-0.1, -0.05) is 32.9 Å². The molecule has 6 nitrogen and oxygen atoms in total. The lowest BCUT2D eigenvalue weighted by Gasteiger charge is -2.13. The van der Waals surface area contributed by atoms with Crippen LogP contribution in [0.25, 0.3) is 0 Å². The van der Waals surface area contributed by atoms with Crippen molar-refractivity contribution < 1.29 is 4.42 Å². The summed E-state index contributed by atoms with van der Waals surface area (Å²) in [7, 11) is 1.71. The number of aromatic nitrogens is 1. The molecule has 6 heteroatoms. The van der Waals surface area contributed by atoms with Crippen LogP contribution >= 0.6 is 0 Å². The summed E-state index contributed by atoms with van der Waals surface area (Å²) in [6, 6.07) is 9.54. The number of hydrogen-bond acceptors (Lipinski definition) is 4. The molecule has 0 saturated heterocycles. The van der Waals surface area contributed by atoms with Gasteiger partial charge in [0.15, 0.2) is 5.96 Å². The Balaban J connectivity index is 1.86. The first-order chi connectivity index (χ1) is 11.4. The van der Waals surface area contributed by atoms with E-state index in [0.717, 1.165) is 11.3 Å². The Morgan fingerprint density at radius 1 is 1.21 bits per heavy atom. The first-order valence-corrected chi connectivity index (χ1v) is 7.81. The summed E-state index contributed by atoms with van der Waals surface area (Å²) in [4.78, 5) is 8.46. The minimum absolute atomic E-state index is 0.0548. The smallest absolute Gasteiger partial charge is 0.213 e. The van der Waals surface area contributed by atoms with Crippen molar-refractivity contribution in [3.8, 4) is 6.07 Å². The van der Waals surface area contributed by atoms with Crippen molar-refractivity contribution in [3.05, 3.63) is 53.2 Å². The molecule has 0 amide bonds. The summed E-state index contributed by atoms with van der Waals surface area (Å²) < 4.78 is 5.74. The van der Waals surface area contributed by atoms with Crippen LogP contribution in [0, 0.1) is 11.3 Å². The molecule has 2 N–H and O–H groups in total. The van der Waals surface area contributed by atoms with E-state index >= 15 is 0 Å². The Morgan fingerprint density at radius 3 is 2.42 bits per heavy atom. The van der Waals surface area contributed by atoms with Crippen molar-refractivity contribution in [2.24, 2.45) is 4.99 Å². The van der Waals surface area contributed by atoms with E-state index in [4.69, 9.17) is 9.68 Å². The summed E-state index contributed by atoms with van der Waals surface area (Å²) in [5, 5.41) is 15.2. The Bertz CT molecular complexity index is 732. The third-order valence-electron chi connectivity index (χ3n) is 3.47. The van der Waals surface area contributed by atoms with E-state index in [1.807, 2.05) is 12.1 Å². The fraction of sp³-hybridized carbons (Fsp3) is 0.389. The maximum atomic E-state index is 8.81. The van der Waals surface area contributed by atoms with Crippen LogP contribution in [0.5, 0.6) is 0 Å². The molecule has 0 radical (unpaired) electrons. The average molecular weight is 325 g/mol. The lowest BCUT2D eigenvalue weighted by Crippen LogP contribution is -2.36. The molecular weight excluding hydrogens is 302 g/mol. The van der Waals surface area contributed by atoms with Gasteiger partial charge < -0.3 is 15.1 Å². The number of hydrogen-bond donors (Lipinski definition) is 2. The van der Waals surface area contributed by atoms with Gasteiger partial charge in [0.25, 0.3) is 0 Å². The Morgan fingerprint density at radius 2 is 1.88 bits per heavy atom. The highest BCUT2D eigenvalue weighted by Crippen LogP contribution is 2.22. The molecule has 0 aliphatic heterocycles. The highest BCUT2D eigenvalue weighted by Gasteiger charge is 2.19. The summed E-state index contributed by atoms with van der Waals surface area (Å²) in [5.41, 5.74) is 1.67. The SMILES string of the molecule is CN=C(NCc1ccc(C#N)cc1)NCc1ncc(C(C)(C)C)o1. The fourth-order valence-corrected chi connectivity index (χ4v) is 2.00. The maximum Gasteiger partial charge on any atom is 0.213 e. The number of aliphatic imine (C=N–C) groups is 1. The molecule has 0 aliphatic carbocycles. The Labute approximate surface area is 142 Å². The molecule has 1 heterocycles. The number of rotatable bonds is 4. The predicted molar refractivity (Wildman–Crippen MR) is 93.4 cm³/mol. The molecule has 126 valence electrons. The zero-order chi connectivity index (χ0) is 17.6. The van der Waals surface area contributed by atoms with Crippen LogP contribution in [-0.2, 0) is 18.5 Å². The van der Waals surface area contributed by atoms with Gasteiger partial charge in [0.1, 0.15) is 5.76 Å². The van der Waals surface area contributed by atoms with Crippen LogP contribution in [0.1, 0.15) is 43.5 Å². The average Bonchev–Trinajstić information content (AvgIpc) is 3.05. The van der Waals surface area contributed by atoms with E-state index in [1.165, 1.54) is 0 Å².